The van der Waals surface area contributed by atoms with Crippen LogP contribution in [-0.4, -0.2) is 50.4 Å². The Morgan fingerprint density at radius 2 is 1.86 bits per heavy atom. The Balaban J connectivity index is 1.33. The fourth-order valence-corrected chi connectivity index (χ4v) is 4.13. The summed E-state index contributed by atoms with van der Waals surface area (Å²) in [6.45, 7) is 7.35. The van der Waals surface area contributed by atoms with Crippen molar-refractivity contribution < 1.29 is 9.59 Å². The smallest absolute Gasteiger partial charge is 0.223 e. The lowest BCUT2D eigenvalue weighted by Gasteiger charge is -2.31. The van der Waals surface area contributed by atoms with E-state index < -0.39 is 0 Å². The van der Waals surface area contributed by atoms with Crippen LogP contribution in [0.5, 0.6) is 0 Å². The van der Waals surface area contributed by atoms with E-state index >= 15 is 0 Å². The molecule has 0 radical (unpaired) electrons. The van der Waals surface area contributed by atoms with Crippen molar-refractivity contribution in [3.05, 3.63) is 28.7 Å². The summed E-state index contributed by atoms with van der Waals surface area (Å²) in [7, 11) is 0. The van der Waals surface area contributed by atoms with E-state index in [4.69, 9.17) is 0 Å². The molecule has 7 nitrogen and oxygen atoms in total. The first-order valence-electron chi connectivity index (χ1n) is 10.3. The zero-order chi connectivity index (χ0) is 19.8. The second kappa shape index (κ2) is 7.53. The molecule has 1 saturated heterocycles. The topological polar surface area (TPSA) is 79.6 Å². The van der Waals surface area contributed by atoms with Crippen LogP contribution in [0.15, 0.2) is 6.07 Å². The summed E-state index contributed by atoms with van der Waals surface area (Å²) in [5.41, 5.74) is 4.92. The molecule has 28 heavy (non-hydrogen) atoms. The zero-order valence-electron chi connectivity index (χ0n) is 17.0. The summed E-state index contributed by atoms with van der Waals surface area (Å²) in [6.07, 6.45) is 4.89. The van der Waals surface area contributed by atoms with Crippen LogP contribution >= 0.6 is 0 Å². The molecule has 1 aliphatic carbocycles. The van der Waals surface area contributed by atoms with Gasteiger partial charge in [0.15, 0.2) is 5.65 Å². The summed E-state index contributed by atoms with van der Waals surface area (Å²) in [5.74, 6) is 0.398. The monoisotopic (exact) mass is 383 g/mol. The lowest BCUT2D eigenvalue weighted by molar-refractivity contribution is -0.135. The first-order chi connectivity index (χ1) is 13.4. The lowest BCUT2D eigenvalue weighted by atomic mass is 9.95. The first kappa shape index (κ1) is 18.9. The molecule has 2 aromatic heterocycles. The molecule has 3 heterocycles. The van der Waals surface area contributed by atoms with Gasteiger partial charge in [0.25, 0.3) is 0 Å². The van der Waals surface area contributed by atoms with Crippen molar-refractivity contribution in [3.63, 3.8) is 0 Å². The normalized spacial score (nSPS) is 17.9. The molecular weight excluding hydrogens is 354 g/mol. The number of carbonyl (C=O) groups is 2. The number of nitrogens with zero attached hydrogens (tertiary/aromatic N) is 4. The van der Waals surface area contributed by atoms with Gasteiger partial charge in [-0.2, -0.15) is 5.10 Å². The van der Waals surface area contributed by atoms with Crippen LogP contribution in [0.3, 0.4) is 0 Å². The van der Waals surface area contributed by atoms with E-state index in [1.54, 1.807) is 0 Å². The average molecular weight is 383 g/mol. The predicted octanol–water partition coefficient (Wildman–Crippen LogP) is 2.10. The number of carbonyl (C=O) groups excluding carboxylic acids is 2. The highest BCUT2D eigenvalue weighted by atomic mass is 16.2. The average Bonchev–Trinajstić information content (AvgIpc) is 3.40. The van der Waals surface area contributed by atoms with E-state index in [0.717, 1.165) is 54.0 Å². The largest absolute Gasteiger partial charge is 0.353 e. The third kappa shape index (κ3) is 3.88. The Bertz CT molecular complexity index is 907. The second-order valence-electron chi connectivity index (χ2n) is 8.25. The maximum Gasteiger partial charge on any atom is 0.223 e. The minimum atomic E-state index is 0.0591. The molecule has 0 spiro atoms. The van der Waals surface area contributed by atoms with Crippen LogP contribution in [0.25, 0.3) is 5.65 Å². The Morgan fingerprint density at radius 3 is 2.54 bits per heavy atom. The van der Waals surface area contributed by atoms with Crippen molar-refractivity contribution in [2.45, 2.75) is 65.3 Å². The molecule has 1 N–H and O–H groups in total. The Labute approximate surface area is 165 Å². The number of likely N-dealkylation sites (tertiary alicyclic amines) is 1. The molecule has 4 rings (SSSR count). The number of rotatable bonds is 5. The van der Waals surface area contributed by atoms with E-state index in [9.17, 15) is 9.59 Å². The van der Waals surface area contributed by atoms with E-state index in [0.29, 0.717) is 32.0 Å². The van der Waals surface area contributed by atoms with Gasteiger partial charge in [0.2, 0.25) is 11.8 Å². The van der Waals surface area contributed by atoms with Crippen LogP contribution in [0.4, 0.5) is 0 Å². The Kier molecular flexibility index (Phi) is 5.08. The Morgan fingerprint density at radius 1 is 1.14 bits per heavy atom. The number of aromatic nitrogens is 3. The standard InChI is InChI=1S/C21H29N5O2/c1-13-12-19-22-14(2)18(15(3)26(19)24-13)6-7-20(27)25-10-8-16(9-11-25)21(28)23-17-4-5-17/h12,16-17H,4-11H2,1-3H3,(H,23,28). The van der Waals surface area contributed by atoms with Crippen molar-refractivity contribution in [3.8, 4) is 0 Å². The molecule has 2 fully saturated rings. The van der Waals surface area contributed by atoms with Crippen LogP contribution < -0.4 is 5.32 Å². The minimum Gasteiger partial charge on any atom is -0.353 e. The van der Waals surface area contributed by atoms with Crippen molar-refractivity contribution in [1.82, 2.24) is 24.8 Å². The molecular formula is C21H29N5O2. The van der Waals surface area contributed by atoms with Gasteiger partial charge < -0.3 is 10.2 Å². The molecule has 150 valence electrons. The van der Waals surface area contributed by atoms with Crippen molar-refractivity contribution in [2.75, 3.05) is 13.1 Å². The third-order valence-electron chi connectivity index (χ3n) is 6.02. The van der Waals surface area contributed by atoms with Gasteiger partial charge in [-0.15, -0.1) is 0 Å². The van der Waals surface area contributed by atoms with Crippen LogP contribution in [0, 0.1) is 26.7 Å². The van der Waals surface area contributed by atoms with Crippen LogP contribution in [0.2, 0.25) is 0 Å². The number of amides is 2. The molecule has 7 heteroatoms. The number of piperidine rings is 1. The predicted molar refractivity (Wildman–Crippen MR) is 106 cm³/mol. The minimum absolute atomic E-state index is 0.0591. The van der Waals surface area contributed by atoms with Gasteiger partial charge in [-0.1, -0.05) is 0 Å². The maximum absolute atomic E-state index is 12.7. The highest BCUT2D eigenvalue weighted by Gasteiger charge is 2.31. The summed E-state index contributed by atoms with van der Waals surface area (Å²) < 4.78 is 1.87. The number of hydrogen-bond acceptors (Lipinski definition) is 4. The highest BCUT2D eigenvalue weighted by molar-refractivity contribution is 5.80. The maximum atomic E-state index is 12.7. The quantitative estimate of drug-likeness (QED) is 0.858. The van der Waals surface area contributed by atoms with Gasteiger partial charge in [-0.25, -0.2) is 9.50 Å². The molecule has 1 saturated carbocycles. The molecule has 2 aliphatic rings. The highest BCUT2D eigenvalue weighted by Crippen LogP contribution is 2.23. The molecule has 1 aliphatic heterocycles. The summed E-state index contributed by atoms with van der Waals surface area (Å²) in [5, 5.41) is 7.59. The van der Waals surface area contributed by atoms with E-state index in [2.05, 4.69) is 15.4 Å². The molecule has 0 bridgehead atoms. The van der Waals surface area contributed by atoms with Gasteiger partial charge in [0.05, 0.1) is 5.69 Å². The van der Waals surface area contributed by atoms with Gasteiger partial charge >= 0.3 is 0 Å². The molecule has 0 aromatic carbocycles. The Hall–Kier alpha value is -2.44. The fraction of sp³-hybridized carbons (Fsp3) is 0.619. The van der Waals surface area contributed by atoms with E-state index in [-0.39, 0.29) is 17.7 Å². The number of aryl methyl sites for hydroxylation is 3. The molecule has 2 aromatic rings. The SMILES string of the molecule is Cc1cc2nc(C)c(CCC(=O)N3CCC(C(=O)NC4CC4)CC3)c(C)n2n1. The van der Waals surface area contributed by atoms with E-state index in [1.807, 2.05) is 36.3 Å². The zero-order valence-corrected chi connectivity index (χ0v) is 17.0. The summed E-state index contributed by atoms with van der Waals surface area (Å²) in [6, 6.07) is 2.38. The number of nitrogens with one attached hydrogen (secondary N) is 1. The second-order valence-corrected chi connectivity index (χ2v) is 8.25. The summed E-state index contributed by atoms with van der Waals surface area (Å²) >= 11 is 0. The van der Waals surface area contributed by atoms with Gasteiger partial charge in [0, 0.05) is 48.9 Å². The molecule has 2 amide bonds. The summed E-state index contributed by atoms with van der Waals surface area (Å²) in [4.78, 5) is 31.4. The number of fused-ring (bicyclic) bond motifs is 1. The van der Waals surface area contributed by atoms with E-state index in [1.165, 1.54) is 0 Å². The van der Waals surface area contributed by atoms with Crippen LogP contribution in [0.1, 0.15) is 54.7 Å². The lowest BCUT2D eigenvalue weighted by Crippen LogP contribution is -2.43. The van der Waals surface area contributed by atoms with Gasteiger partial charge in [-0.05, 0) is 58.4 Å². The third-order valence-corrected chi connectivity index (χ3v) is 6.02. The molecule has 0 atom stereocenters. The molecule has 0 unspecified atom stereocenters. The van der Waals surface area contributed by atoms with Crippen molar-refractivity contribution in [1.29, 1.82) is 0 Å². The number of hydrogen-bond donors (Lipinski definition) is 1. The van der Waals surface area contributed by atoms with Gasteiger partial charge in [-0.3, -0.25) is 9.59 Å². The van der Waals surface area contributed by atoms with Crippen molar-refractivity contribution in [2.24, 2.45) is 5.92 Å². The van der Waals surface area contributed by atoms with Crippen LogP contribution in [-0.2, 0) is 16.0 Å². The first-order valence-corrected chi connectivity index (χ1v) is 10.3. The van der Waals surface area contributed by atoms with Gasteiger partial charge in [0.1, 0.15) is 0 Å². The fourth-order valence-electron chi connectivity index (χ4n) is 4.13. The van der Waals surface area contributed by atoms with Crippen molar-refractivity contribution >= 4 is 17.5 Å².